The van der Waals surface area contributed by atoms with Crippen LogP contribution in [0.2, 0.25) is 0 Å². The summed E-state index contributed by atoms with van der Waals surface area (Å²) in [5.41, 5.74) is 1.56. The summed E-state index contributed by atoms with van der Waals surface area (Å²) < 4.78 is 23.1. The maximum atomic E-state index is 13.0. The van der Waals surface area contributed by atoms with Crippen LogP contribution in [0.15, 0.2) is 53.1 Å². The maximum Gasteiger partial charge on any atom is 0.338 e. The average Bonchev–Trinajstić information content (AvgIpc) is 3.18. The van der Waals surface area contributed by atoms with Gasteiger partial charge in [-0.3, -0.25) is 4.79 Å². The van der Waals surface area contributed by atoms with Crippen LogP contribution >= 0.6 is 0 Å². The van der Waals surface area contributed by atoms with Crippen LogP contribution in [-0.2, 0) is 16.0 Å². The highest BCUT2D eigenvalue weighted by Gasteiger charge is 2.11. The number of carbonyl (C=O) groups is 2. The van der Waals surface area contributed by atoms with E-state index in [1.54, 1.807) is 43.3 Å². The Hall–Kier alpha value is -3.55. The normalized spacial score (nSPS) is 10.6. The van der Waals surface area contributed by atoms with E-state index in [2.05, 4.69) is 15.5 Å². The van der Waals surface area contributed by atoms with Gasteiger partial charge in [0.15, 0.2) is 0 Å². The first kappa shape index (κ1) is 20.2. The summed E-state index contributed by atoms with van der Waals surface area (Å²) in [5, 5.41) is 6.62. The van der Waals surface area contributed by atoms with Gasteiger partial charge in [-0.15, -0.1) is 0 Å². The highest BCUT2D eigenvalue weighted by atomic mass is 19.1. The lowest BCUT2D eigenvalue weighted by Gasteiger charge is -2.07. The van der Waals surface area contributed by atoms with E-state index < -0.39 is 5.97 Å². The molecule has 1 amide bonds. The molecule has 0 spiro atoms. The Morgan fingerprint density at radius 2 is 1.97 bits per heavy atom. The zero-order valence-corrected chi connectivity index (χ0v) is 15.9. The van der Waals surface area contributed by atoms with Gasteiger partial charge in [-0.2, -0.15) is 4.98 Å². The second-order valence-electron chi connectivity index (χ2n) is 6.22. The highest BCUT2D eigenvalue weighted by Crippen LogP contribution is 2.17. The minimum Gasteiger partial charge on any atom is -0.462 e. The first-order valence-electron chi connectivity index (χ1n) is 9.20. The molecule has 1 heterocycles. The molecule has 0 radical (unpaired) electrons. The molecule has 8 heteroatoms. The summed E-state index contributed by atoms with van der Waals surface area (Å²) in [6.45, 7) is 2.02. The Labute approximate surface area is 166 Å². The van der Waals surface area contributed by atoms with Crippen LogP contribution in [0.1, 0.15) is 36.0 Å². The molecule has 1 N–H and O–H groups in total. The van der Waals surface area contributed by atoms with Crippen molar-refractivity contribution in [2.75, 3.05) is 11.9 Å². The van der Waals surface area contributed by atoms with Crippen LogP contribution in [0.25, 0.3) is 11.4 Å². The number of ether oxygens (including phenoxy) is 1. The molecule has 3 aromatic rings. The van der Waals surface area contributed by atoms with Gasteiger partial charge in [-0.25, -0.2) is 9.18 Å². The van der Waals surface area contributed by atoms with Crippen molar-refractivity contribution in [2.24, 2.45) is 0 Å². The fraction of sp³-hybridized carbons (Fsp3) is 0.238. The first-order valence-corrected chi connectivity index (χ1v) is 9.20. The lowest BCUT2D eigenvalue weighted by Crippen LogP contribution is -2.12. The molecule has 0 aliphatic rings. The molecule has 1 aromatic heterocycles. The van der Waals surface area contributed by atoms with Crippen LogP contribution < -0.4 is 5.32 Å². The second-order valence-corrected chi connectivity index (χ2v) is 6.22. The number of hydrogen-bond donors (Lipinski definition) is 1. The molecular weight excluding hydrogens is 377 g/mol. The number of halogens is 1. The van der Waals surface area contributed by atoms with Crippen molar-refractivity contribution in [3.8, 4) is 11.4 Å². The molecule has 0 atom stereocenters. The van der Waals surface area contributed by atoms with Gasteiger partial charge in [-0.05, 0) is 55.8 Å². The van der Waals surface area contributed by atoms with Crippen molar-refractivity contribution < 1.29 is 23.2 Å². The Morgan fingerprint density at radius 3 is 2.72 bits per heavy atom. The largest absolute Gasteiger partial charge is 0.462 e. The molecule has 0 bridgehead atoms. The van der Waals surface area contributed by atoms with E-state index in [0.717, 1.165) is 0 Å². The third kappa shape index (κ3) is 5.71. The SMILES string of the molecule is CCOC(=O)c1cccc(NC(=O)CCCc2nc(-c3ccc(F)cc3)no2)c1. The number of rotatable bonds is 8. The molecule has 0 unspecified atom stereocenters. The number of amides is 1. The quantitative estimate of drug-likeness (QED) is 0.577. The van der Waals surface area contributed by atoms with E-state index in [1.807, 2.05) is 0 Å². The van der Waals surface area contributed by atoms with Gasteiger partial charge in [-0.1, -0.05) is 11.2 Å². The molecule has 3 rings (SSSR count). The standard InChI is InChI=1S/C21H20FN3O4/c1-2-28-21(27)15-5-3-6-17(13-15)23-18(26)7-4-8-19-24-20(25-29-19)14-9-11-16(22)12-10-14/h3,5-6,9-13H,2,4,7-8H2,1H3,(H,23,26). The summed E-state index contributed by atoms with van der Waals surface area (Å²) in [6, 6.07) is 12.4. The predicted octanol–water partition coefficient (Wildman–Crippen LogP) is 4.01. The third-order valence-electron chi connectivity index (χ3n) is 4.02. The number of nitrogens with one attached hydrogen (secondary N) is 1. The Bertz CT molecular complexity index is 986. The fourth-order valence-electron chi connectivity index (χ4n) is 2.63. The molecule has 0 aliphatic heterocycles. The number of aryl methyl sites for hydroxylation is 1. The topological polar surface area (TPSA) is 94.3 Å². The van der Waals surface area contributed by atoms with Crippen molar-refractivity contribution >= 4 is 17.6 Å². The van der Waals surface area contributed by atoms with E-state index in [-0.39, 0.29) is 24.8 Å². The monoisotopic (exact) mass is 397 g/mol. The van der Waals surface area contributed by atoms with Crippen molar-refractivity contribution in [1.82, 2.24) is 10.1 Å². The van der Waals surface area contributed by atoms with E-state index in [4.69, 9.17) is 9.26 Å². The fourth-order valence-corrected chi connectivity index (χ4v) is 2.63. The molecular formula is C21H20FN3O4. The lowest BCUT2D eigenvalue weighted by molar-refractivity contribution is -0.116. The lowest BCUT2D eigenvalue weighted by atomic mass is 10.2. The predicted molar refractivity (Wildman–Crippen MR) is 104 cm³/mol. The van der Waals surface area contributed by atoms with Gasteiger partial charge >= 0.3 is 5.97 Å². The Morgan fingerprint density at radius 1 is 1.17 bits per heavy atom. The van der Waals surface area contributed by atoms with Gasteiger partial charge in [0, 0.05) is 24.1 Å². The van der Waals surface area contributed by atoms with Gasteiger partial charge in [0.25, 0.3) is 0 Å². The second kappa shape index (κ2) is 9.59. The number of carbonyl (C=O) groups excluding carboxylic acids is 2. The van der Waals surface area contributed by atoms with Crippen molar-refractivity contribution in [3.05, 3.63) is 65.8 Å². The number of hydrogen-bond acceptors (Lipinski definition) is 6. The molecule has 7 nitrogen and oxygen atoms in total. The van der Waals surface area contributed by atoms with Crippen molar-refractivity contribution in [2.45, 2.75) is 26.2 Å². The highest BCUT2D eigenvalue weighted by molar-refractivity contribution is 5.94. The zero-order valence-electron chi connectivity index (χ0n) is 15.9. The minimum absolute atomic E-state index is 0.190. The van der Waals surface area contributed by atoms with Crippen molar-refractivity contribution in [3.63, 3.8) is 0 Å². The molecule has 29 heavy (non-hydrogen) atoms. The van der Waals surface area contributed by atoms with Crippen molar-refractivity contribution in [1.29, 1.82) is 0 Å². The van der Waals surface area contributed by atoms with E-state index >= 15 is 0 Å². The number of esters is 1. The molecule has 0 fully saturated rings. The van der Waals surface area contributed by atoms with Gasteiger partial charge in [0.05, 0.1) is 12.2 Å². The van der Waals surface area contributed by atoms with E-state index in [1.165, 1.54) is 12.1 Å². The van der Waals surface area contributed by atoms with Crippen LogP contribution in [0.5, 0.6) is 0 Å². The molecule has 0 aliphatic carbocycles. The summed E-state index contributed by atoms with van der Waals surface area (Å²) in [5.74, 6) is -0.181. The molecule has 150 valence electrons. The van der Waals surface area contributed by atoms with E-state index in [0.29, 0.717) is 41.4 Å². The summed E-state index contributed by atoms with van der Waals surface area (Å²) >= 11 is 0. The van der Waals surface area contributed by atoms with Crippen LogP contribution in [0.3, 0.4) is 0 Å². The summed E-state index contributed by atoms with van der Waals surface area (Å²) in [7, 11) is 0. The minimum atomic E-state index is -0.433. The van der Waals surface area contributed by atoms with Crippen LogP contribution in [0, 0.1) is 5.82 Å². The number of aromatic nitrogens is 2. The third-order valence-corrected chi connectivity index (χ3v) is 4.02. The summed E-state index contributed by atoms with van der Waals surface area (Å²) in [4.78, 5) is 28.2. The number of benzene rings is 2. The van der Waals surface area contributed by atoms with Crippen LogP contribution in [0.4, 0.5) is 10.1 Å². The maximum absolute atomic E-state index is 13.0. The Kier molecular flexibility index (Phi) is 6.67. The molecule has 0 saturated heterocycles. The molecule has 2 aromatic carbocycles. The van der Waals surface area contributed by atoms with Gasteiger partial charge in [0.2, 0.25) is 17.6 Å². The smallest absolute Gasteiger partial charge is 0.338 e. The Balaban J connectivity index is 1.49. The van der Waals surface area contributed by atoms with Crippen LogP contribution in [-0.4, -0.2) is 28.6 Å². The first-order chi connectivity index (χ1) is 14.0. The summed E-state index contributed by atoms with van der Waals surface area (Å²) in [6.07, 6.45) is 1.19. The van der Waals surface area contributed by atoms with Gasteiger partial charge < -0.3 is 14.6 Å². The zero-order chi connectivity index (χ0) is 20.6. The van der Waals surface area contributed by atoms with Gasteiger partial charge in [0.1, 0.15) is 5.82 Å². The number of anilines is 1. The average molecular weight is 397 g/mol. The molecule has 0 saturated carbocycles. The number of nitrogens with zero attached hydrogens (tertiary/aromatic N) is 2. The van der Waals surface area contributed by atoms with E-state index in [9.17, 15) is 14.0 Å².